The highest BCUT2D eigenvalue weighted by atomic mass is 16.3. The fraction of sp³-hybridized carbons (Fsp3) is 0.308. The molecule has 0 amide bonds. The van der Waals surface area contributed by atoms with Gasteiger partial charge in [0.2, 0.25) is 0 Å². The molecule has 15 heavy (non-hydrogen) atoms. The molecule has 0 aliphatic heterocycles. The van der Waals surface area contributed by atoms with E-state index in [9.17, 15) is 5.11 Å². The van der Waals surface area contributed by atoms with E-state index >= 15 is 0 Å². The van der Waals surface area contributed by atoms with E-state index in [1.807, 2.05) is 36.5 Å². The van der Waals surface area contributed by atoms with E-state index in [2.05, 4.69) is 18.8 Å². The fourth-order valence-electron chi connectivity index (χ4n) is 1.08. The number of rotatable bonds is 4. The van der Waals surface area contributed by atoms with Crippen LogP contribution in [0.3, 0.4) is 0 Å². The van der Waals surface area contributed by atoms with Crippen molar-refractivity contribution in [1.29, 1.82) is 0 Å². The van der Waals surface area contributed by atoms with Gasteiger partial charge in [-0.3, -0.25) is 4.99 Å². The van der Waals surface area contributed by atoms with Crippen LogP contribution in [0.5, 0.6) is 0 Å². The highest BCUT2D eigenvalue weighted by Gasteiger charge is 1.94. The first-order chi connectivity index (χ1) is 7.20. The van der Waals surface area contributed by atoms with Crippen molar-refractivity contribution < 1.29 is 5.11 Å². The molecule has 1 N–H and O–H groups in total. The highest BCUT2D eigenvalue weighted by molar-refractivity contribution is 5.63. The van der Waals surface area contributed by atoms with Crippen molar-refractivity contribution in [2.75, 3.05) is 0 Å². The van der Waals surface area contributed by atoms with Crippen LogP contribution in [0.15, 0.2) is 41.5 Å². The molecule has 0 bridgehead atoms. The van der Waals surface area contributed by atoms with E-state index in [1.54, 1.807) is 0 Å². The monoisotopic (exact) mass is 203 g/mol. The summed E-state index contributed by atoms with van der Waals surface area (Å²) in [6.07, 6.45) is 4.24. The molecule has 2 heteroatoms. The van der Waals surface area contributed by atoms with Crippen molar-refractivity contribution in [3.05, 3.63) is 42.1 Å². The zero-order valence-electron chi connectivity index (χ0n) is 9.22. The predicted octanol–water partition coefficient (Wildman–Crippen LogP) is 3.66. The maximum Gasteiger partial charge on any atom is 0.141 e. The van der Waals surface area contributed by atoms with Crippen molar-refractivity contribution >= 4 is 12.0 Å². The summed E-state index contributed by atoms with van der Waals surface area (Å²) in [6, 6.07) is 9.39. The molecule has 2 nitrogen and oxygen atoms in total. The van der Waals surface area contributed by atoms with Crippen LogP contribution in [0, 0.1) is 5.92 Å². The molecule has 0 atom stereocenters. The van der Waals surface area contributed by atoms with Crippen LogP contribution < -0.4 is 0 Å². The minimum absolute atomic E-state index is 0.204. The van der Waals surface area contributed by atoms with Gasteiger partial charge in [0.1, 0.15) is 5.76 Å². The van der Waals surface area contributed by atoms with Gasteiger partial charge in [0.05, 0.1) is 6.20 Å². The molecule has 1 aromatic rings. The smallest absolute Gasteiger partial charge is 0.141 e. The Balaban J connectivity index is 2.57. The molecule has 1 aromatic carbocycles. The van der Waals surface area contributed by atoms with Gasteiger partial charge in [-0.15, -0.1) is 0 Å². The standard InChI is InChI=1S/C13H17NO/c1-11(2)8-9-14-10-13(15)12-6-4-3-5-7-12/h3-7,9-11,15H,8H2,1-2H3/b13-10-,14-9?. The van der Waals surface area contributed by atoms with Gasteiger partial charge in [-0.1, -0.05) is 44.2 Å². The Morgan fingerprint density at radius 2 is 2.00 bits per heavy atom. The Bertz CT molecular complexity index is 339. The Kier molecular flexibility index (Phi) is 4.61. The summed E-state index contributed by atoms with van der Waals surface area (Å²) < 4.78 is 0. The van der Waals surface area contributed by atoms with E-state index in [-0.39, 0.29) is 5.76 Å². The molecule has 1 rings (SSSR count). The number of hydrogen-bond donors (Lipinski definition) is 1. The van der Waals surface area contributed by atoms with E-state index in [1.165, 1.54) is 6.20 Å². The zero-order valence-corrected chi connectivity index (χ0v) is 9.22. The number of hydrogen-bond acceptors (Lipinski definition) is 2. The molecule has 0 fully saturated rings. The lowest BCUT2D eigenvalue weighted by atomic mass is 10.1. The summed E-state index contributed by atoms with van der Waals surface area (Å²) in [5.74, 6) is 0.802. The molecule has 80 valence electrons. The van der Waals surface area contributed by atoms with Crippen molar-refractivity contribution in [3.63, 3.8) is 0 Å². The minimum Gasteiger partial charge on any atom is -0.506 e. The number of aliphatic hydroxyl groups is 1. The van der Waals surface area contributed by atoms with Gasteiger partial charge >= 0.3 is 0 Å². The van der Waals surface area contributed by atoms with Gasteiger partial charge in [0, 0.05) is 11.8 Å². The lowest BCUT2D eigenvalue weighted by Gasteiger charge is -1.97. The summed E-state index contributed by atoms with van der Waals surface area (Å²) in [5, 5.41) is 9.63. The van der Waals surface area contributed by atoms with Crippen LogP contribution in [0.25, 0.3) is 5.76 Å². The fourth-order valence-corrected chi connectivity index (χ4v) is 1.08. The summed E-state index contributed by atoms with van der Waals surface area (Å²) in [5.41, 5.74) is 0.791. The topological polar surface area (TPSA) is 32.6 Å². The van der Waals surface area contributed by atoms with Gasteiger partial charge in [-0.25, -0.2) is 0 Å². The van der Waals surface area contributed by atoms with Crippen LogP contribution in [0.4, 0.5) is 0 Å². The lowest BCUT2D eigenvalue weighted by Crippen LogP contribution is -1.86. The molecule has 0 spiro atoms. The average molecular weight is 203 g/mol. The third-order valence-corrected chi connectivity index (χ3v) is 1.95. The third-order valence-electron chi connectivity index (χ3n) is 1.95. The van der Waals surface area contributed by atoms with Crippen molar-refractivity contribution in [2.45, 2.75) is 20.3 Å². The molecule has 0 unspecified atom stereocenters. The number of nitrogens with zero attached hydrogens (tertiary/aromatic N) is 1. The molecular weight excluding hydrogens is 186 g/mol. The van der Waals surface area contributed by atoms with Gasteiger partial charge in [-0.05, 0) is 12.3 Å². The number of aliphatic hydroxyl groups excluding tert-OH is 1. The van der Waals surface area contributed by atoms with Crippen LogP contribution in [-0.4, -0.2) is 11.3 Å². The summed E-state index contributed by atoms with van der Waals surface area (Å²) in [6.45, 7) is 4.26. The second-order valence-corrected chi connectivity index (χ2v) is 3.84. The third kappa shape index (κ3) is 4.45. The van der Waals surface area contributed by atoms with Crippen LogP contribution in [0.1, 0.15) is 25.8 Å². The molecular formula is C13H17NO. The first kappa shape index (κ1) is 11.5. The van der Waals surface area contributed by atoms with Gasteiger partial charge in [0.25, 0.3) is 0 Å². The molecule has 0 aromatic heterocycles. The second-order valence-electron chi connectivity index (χ2n) is 3.84. The molecule has 0 radical (unpaired) electrons. The quantitative estimate of drug-likeness (QED) is 0.588. The Labute approximate surface area is 91.0 Å². The summed E-state index contributed by atoms with van der Waals surface area (Å²) in [7, 11) is 0. The highest BCUT2D eigenvalue weighted by Crippen LogP contribution is 2.09. The van der Waals surface area contributed by atoms with Crippen LogP contribution in [-0.2, 0) is 0 Å². The van der Waals surface area contributed by atoms with Gasteiger partial charge in [0.15, 0.2) is 0 Å². The number of aliphatic imine (C=N–C) groups is 1. The van der Waals surface area contributed by atoms with Crippen molar-refractivity contribution in [3.8, 4) is 0 Å². The Morgan fingerprint density at radius 3 is 2.60 bits per heavy atom. The largest absolute Gasteiger partial charge is 0.506 e. The summed E-state index contributed by atoms with van der Waals surface area (Å²) in [4.78, 5) is 4.05. The zero-order chi connectivity index (χ0) is 11.1. The predicted molar refractivity (Wildman–Crippen MR) is 65.0 cm³/mol. The van der Waals surface area contributed by atoms with Crippen LogP contribution >= 0.6 is 0 Å². The lowest BCUT2D eigenvalue weighted by molar-refractivity contribution is 0.510. The maximum absolute atomic E-state index is 9.63. The van der Waals surface area contributed by atoms with E-state index in [0.29, 0.717) is 5.92 Å². The maximum atomic E-state index is 9.63. The van der Waals surface area contributed by atoms with E-state index in [0.717, 1.165) is 12.0 Å². The van der Waals surface area contributed by atoms with Crippen molar-refractivity contribution in [2.24, 2.45) is 10.9 Å². The number of benzene rings is 1. The molecule has 0 saturated heterocycles. The molecule has 0 aliphatic rings. The molecule has 0 aliphatic carbocycles. The molecule has 0 saturated carbocycles. The van der Waals surface area contributed by atoms with Crippen molar-refractivity contribution in [1.82, 2.24) is 0 Å². The first-order valence-corrected chi connectivity index (χ1v) is 5.16. The van der Waals surface area contributed by atoms with Gasteiger partial charge < -0.3 is 5.11 Å². The van der Waals surface area contributed by atoms with E-state index in [4.69, 9.17) is 0 Å². The van der Waals surface area contributed by atoms with Crippen LogP contribution in [0.2, 0.25) is 0 Å². The minimum atomic E-state index is 0.204. The Hall–Kier alpha value is -1.57. The summed E-state index contributed by atoms with van der Waals surface area (Å²) >= 11 is 0. The second kappa shape index (κ2) is 6.02. The first-order valence-electron chi connectivity index (χ1n) is 5.16. The average Bonchev–Trinajstić information content (AvgIpc) is 2.25. The normalized spacial score (nSPS) is 12.6. The SMILES string of the molecule is CC(C)CC=N/C=C(\O)c1ccccc1. The van der Waals surface area contributed by atoms with E-state index < -0.39 is 0 Å². The van der Waals surface area contributed by atoms with Gasteiger partial charge in [-0.2, -0.15) is 0 Å². The Morgan fingerprint density at radius 1 is 1.33 bits per heavy atom. The molecule has 0 heterocycles.